The highest BCUT2D eigenvalue weighted by molar-refractivity contribution is 6.04. The van der Waals surface area contributed by atoms with Gasteiger partial charge in [-0.3, -0.25) is 9.59 Å². The Bertz CT molecular complexity index is 766. The van der Waals surface area contributed by atoms with E-state index in [1.54, 1.807) is 0 Å². The van der Waals surface area contributed by atoms with E-state index < -0.39 is 0 Å². The Balaban J connectivity index is 1.93. The van der Waals surface area contributed by atoms with E-state index in [1.165, 1.54) is 0 Å². The standard InChI is InChI=1S/C21H26N2O2/c1-14(2)18-10-6-8-16(4)21(18)23-20(25)12-19(24)22-13-17-9-5-7-15(3)11-17/h5-11,14H,12-13H2,1-4H3,(H,22,24)(H,23,25). The molecule has 0 fully saturated rings. The van der Waals surface area contributed by atoms with Gasteiger partial charge in [-0.1, -0.05) is 61.9 Å². The first kappa shape index (κ1) is 18.7. The first-order valence-corrected chi connectivity index (χ1v) is 8.58. The van der Waals surface area contributed by atoms with Crippen molar-refractivity contribution in [1.29, 1.82) is 0 Å². The second-order valence-corrected chi connectivity index (χ2v) is 6.68. The molecule has 0 atom stereocenters. The summed E-state index contributed by atoms with van der Waals surface area (Å²) >= 11 is 0. The molecule has 2 rings (SSSR count). The van der Waals surface area contributed by atoms with Crippen molar-refractivity contribution >= 4 is 17.5 Å². The molecule has 4 heteroatoms. The predicted octanol–water partition coefficient (Wildman–Crippen LogP) is 4.07. The molecule has 2 aromatic rings. The zero-order valence-electron chi connectivity index (χ0n) is 15.3. The van der Waals surface area contributed by atoms with E-state index in [0.717, 1.165) is 27.9 Å². The normalized spacial score (nSPS) is 10.6. The number of nitrogens with one attached hydrogen (secondary N) is 2. The van der Waals surface area contributed by atoms with Crippen LogP contribution >= 0.6 is 0 Å². The molecule has 4 nitrogen and oxygen atoms in total. The molecule has 0 saturated heterocycles. The number of aryl methyl sites for hydroxylation is 2. The van der Waals surface area contributed by atoms with Crippen LogP contribution in [0.25, 0.3) is 0 Å². The highest BCUT2D eigenvalue weighted by atomic mass is 16.2. The fraction of sp³-hybridized carbons (Fsp3) is 0.333. The van der Waals surface area contributed by atoms with Gasteiger partial charge in [0.25, 0.3) is 0 Å². The first-order valence-electron chi connectivity index (χ1n) is 8.58. The number of rotatable bonds is 6. The van der Waals surface area contributed by atoms with E-state index in [0.29, 0.717) is 12.5 Å². The molecule has 0 aliphatic heterocycles. The van der Waals surface area contributed by atoms with Gasteiger partial charge in [0.15, 0.2) is 0 Å². The van der Waals surface area contributed by atoms with Gasteiger partial charge >= 0.3 is 0 Å². The molecule has 0 saturated carbocycles. The molecule has 0 radical (unpaired) electrons. The van der Waals surface area contributed by atoms with Gasteiger partial charge in [-0.05, 0) is 36.5 Å². The summed E-state index contributed by atoms with van der Waals surface area (Å²) in [5.41, 5.74) is 5.06. The van der Waals surface area contributed by atoms with Crippen LogP contribution in [0.2, 0.25) is 0 Å². The first-order chi connectivity index (χ1) is 11.9. The molecule has 2 aromatic carbocycles. The third-order valence-electron chi connectivity index (χ3n) is 4.08. The zero-order chi connectivity index (χ0) is 18.4. The molecule has 0 aliphatic rings. The van der Waals surface area contributed by atoms with Crippen LogP contribution in [0, 0.1) is 13.8 Å². The van der Waals surface area contributed by atoms with Crippen LogP contribution in [-0.4, -0.2) is 11.8 Å². The third kappa shape index (κ3) is 5.45. The maximum Gasteiger partial charge on any atom is 0.233 e. The Morgan fingerprint density at radius 2 is 1.72 bits per heavy atom. The van der Waals surface area contributed by atoms with Gasteiger partial charge in [-0.15, -0.1) is 0 Å². The molecular weight excluding hydrogens is 312 g/mol. The predicted molar refractivity (Wildman–Crippen MR) is 102 cm³/mol. The molecule has 0 aliphatic carbocycles. The van der Waals surface area contributed by atoms with Crippen molar-refractivity contribution in [3.63, 3.8) is 0 Å². The number of benzene rings is 2. The van der Waals surface area contributed by atoms with Crippen LogP contribution in [0.3, 0.4) is 0 Å². The number of anilines is 1. The van der Waals surface area contributed by atoms with E-state index in [9.17, 15) is 9.59 Å². The Morgan fingerprint density at radius 3 is 2.40 bits per heavy atom. The summed E-state index contributed by atoms with van der Waals surface area (Å²) < 4.78 is 0. The Labute approximate surface area is 149 Å². The maximum absolute atomic E-state index is 12.2. The number of amides is 2. The highest BCUT2D eigenvalue weighted by Gasteiger charge is 2.14. The lowest BCUT2D eigenvalue weighted by atomic mass is 9.98. The van der Waals surface area contributed by atoms with Crippen molar-refractivity contribution in [3.05, 3.63) is 64.7 Å². The highest BCUT2D eigenvalue weighted by Crippen LogP contribution is 2.27. The van der Waals surface area contributed by atoms with Crippen molar-refractivity contribution in [2.24, 2.45) is 0 Å². The van der Waals surface area contributed by atoms with Gasteiger partial charge in [0.2, 0.25) is 11.8 Å². The Kier molecular flexibility index (Phi) is 6.34. The van der Waals surface area contributed by atoms with E-state index in [1.807, 2.05) is 56.3 Å². The van der Waals surface area contributed by atoms with E-state index in [4.69, 9.17) is 0 Å². The quantitative estimate of drug-likeness (QED) is 0.780. The summed E-state index contributed by atoms with van der Waals surface area (Å²) in [6, 6.07) is 13.9. The van der Waals surface area contributed by atoms with Crippen LogP contribution in [0.4, 0.5) is 5.69 Å². The molecule has 25 heavy (non-hydrogen) atoms. The lowest BCUT2D eigenvalue weighted by molar-refractivity contribution is -0.126. The topological polar surface area (TPSA) is 58.2 Å². The summed E-state index contributed by atoms with van der Waals surface area (Å²) in [5, 5.41) is 5.69. The van der Waals surface area contributed by atoms with Gasteiger partial charge in [0, 0.05) is 12.2 Å². The molecule has 0 aromatic heterocycles. The summed E-state index contributed by atoms with van der Waals surface area (Å²) in [6.45, 7) is 8.56. The summed E-state index contributed by atoms with van der Waals surface area (Å²) in [4.78, 5) is 24.3. The minimum absolute atomic E-state index is 0.183. The summed E-state index contributed by atoms with van der Waals surface area (Å²) in [7, 11) is 0. The second kappa shape index (κ2) is 8.47. The van der Waals surface area contributed by atoms with E-state index >= 15 is 0 Å². The molecule has 0 heterocycles. The molecule has 2 N–H and O–H groups in total. The second-order valence-electron chi connectivity index (χ2n) is 6.68. The molecule has 132 valence electrons. The van der Waals surface area contributed by atoms with Crippen molar-refractivity contribution in [1.82, 2.24) is 5.32 Å². The minimum atomic E-state index is -0.294. The molecule has 2 amide bonds. The van der Waals surface area contributed by atoms with Crippen LogP contribution in [-0.2, 0) is 16.1 Å². The fourth-order valence-corrected chi connectivity index (χ4v) is 2.76. The zero-order valence-corrected chi connectivity index (χ0v) is 15.3. The van der Waals surface area contributed by atoms with Gasteiger partial charge in [0.1, 0.15) is 6.42 Å². The molecule has 0 bridgehead atoms. The maximum atomic E-state index is 12.2. The van der Waals surface area contributed by atoms with Crippen LogP contribution in [0.5, 0.6) is 0 Å². The average molecular weight is 338 g/mol. The number of carbonyl (C=O) groups is 2. The van der Waals surface area contributed by atoms with Crippen LogP contribution in [0.15, 0.2) is 42.5 Å². The van der Waals surface area contributed by atoms with Crippen molar-refractivity contribution in [3.8, 4) is 0 Å². The number of carbonyl (C=O) groups excluding carboxylic acids is 2. The Morgan fingerprint density at radius 1 is 1.00 bits per heavy atom. The van der Waals surface area contributed by atoms with E-state index in [-0.39, 0.29) is 18.2 Å². The summed E-state index contributed by atoms with van der Waals surface area (Å²) in [6.07, 6.45) is -0.183. The number of hydrogen-bond donors (Lipinski definition) is 2. The molecule has 0 unspecified atom stereocenters. The largest absolute Gasteiger partial charge is 0.352 e. The van der Waals surface area contributed by atoms with E-state index in [2.05, 4.69) is 24.5 Å². The third-order valence-corrected chi connectivity index (χ3v) is 4.08. The van der Waals surface area contributed by atoms with Gasteiger partial charge in [-0.2, -0.15) is 0 Å². The van der Waals surface area contributed by atoms with Crippen LogP contribution in [0.1, 0.15) is 48.4 Å². The average Bonchev–Trinajstić information content (AvgIpc) is 2.54. The van der Waals surface area contributed by atoms with Gasteiger partial charge in [-0.25, -0.2) is 0 Å². The van der Waals surface area contributed by atoms with Crippen molar-refractivity contribution in [2.75, 3.05) is 5.32 Å². The lowest BCUT2D eigenvalue weighted by Crippen LogP contribution is -2.28. The van der Waals surface area contributed by atoms with Crippen LogP contribution < -0.4 is 10.6 Å². The SMILES string of the molecule is Cc1cccc(CNC(=O)CC(=O)Nc2c(C)cccc2C(C)C)c1. The van der Waals surface area contributed by atoms with Gasteiger partial charge in [0.05, 0.1) is 0 Å². The monoisotopic (exact) mass is 338 g/mol. The smallest absolute Gasteiger partial charge is 0.233 e. The molecular formula is C21H26N2O2. The lowest BCUT2D eigenvalue weighted by Gasteiger charge is -2.16. The fourth-order valence-electron chi connectivity index (χ4n) is 2.76. The molecule has 0 spiro atoms. The number of hydrogen-bond acceptors (Lipinski definition) is 2. The van der Waals surface area contributed by atoms with Gasteiger partial charge < -0.3 is 10.6 Å². The van der Waals surface area contributed by atoms with Crippen molar-refractivity contribution in [2.45, 2.75) is 46.6 Å². The number of para-hydroxylation sites is 1. The Hall–Kier alpha value is -2.62. The summed E-state index contributed by atoms with van der Waals surface area (Å²) in [5.74, 6) is -0.276. The van der Waals surface area contributed by atoms with Crippen molar-refractivity contribution < 1.29 is 9.59 Å². The minimum Gasteiger partial charge on any atom is -0.352 e.